The number of nitrogens with one attached hydrogen (secondary N) is 1. The van der Waals surface area contributed by atoms with Crippen LogP contribution in [0.3, 0.4) is 0 Å². The highest BCUT2D eigenvalue weighted by atomic mass is 35.5. The van der Waals surface area contributed by atoms with E-state index in [0.717, 1.165) is 5.56 Å². The molecule has 3 aromatic carbocycles. The fraction of sp³-hybridized carbons (Fsp3) is 0.0417. The van der Waals surface area contributed by atoms with Crippen LogP contribution in [0.5, 0.6) is 5.75 Å². The molecule has 0 bridgehead atoms. The number of nitrogens with zero attached hydrogens (tertiary/aromatic N) is 1. The van der Waals surface area contributed by atoms with Gasteiger partial charge in [-0.2, -0.15) is 0 Å². The van der Waals surface area contributed by atoms with Crippen molar-refractivity contribution in [2.24, 2.45) is 5.73 Å². The van der Waals surface area contributed by atoms with Crippen molar-refractivity contribution in [3.63, 3.8) is 0 Å². The van der Waals surface area contributed by atoms with Crippen molar-refractivity contribution in [3.05, 3.63) is 89.2 Å². The summed E-state index contributed by atoms with van der Waals surface area (Å²) in [6.45, 7) is -0.328. The van der Waals surface area contributed by atoms with Gasteiger partial charge in [0.05, 0.1) is 16.8 Å². The second kappa shape index (κ2) is 9.03. The van der Waals surface area contributed by atoms with Crippen LogP contribution in [0.15, 0.2) is 72.8 Å². The molecule has 0 fully saturated rings. The van der Waals surface area contributed by atoms with Gasteiger partial charge in [-0.15, -0.1) is 0 Å². The smallest absolute Gasteiger partial charge is 0.258 e. The number of benzene rings is 3. The number of pyridine rings is 1. The van der Waals surface area contributed by atoms with E-state index in [-0.39, 0.29) is 12.2 Å². The zero-order valence-electron chi connectivity index (χ0n) is 16.6. The Balaban J connectivity index is 1.73. The standard InChI is InChI=1S/C24H17ClFN3O3/c25-15-7-5-14(6-8-15)21-12-22(32-13-23(27)30)18-11-16(9-10-20(18)29-21)28-24(31)17-3-1-2-4-19(17)26/h1-12H,13H2,(H2,27,30)(H,28,31). The summed E-state index contributed by atoms with van der Waals surface area (Å²) in [5.41, 5.74) is 7.56. The molecule has 2 amide bonds. The first-order valence-corrected chi connectivity index (χ1v) is 9.96. The number of rotatable bonds is 6. The van der Waals surface area contributed by atoms with E-state index in [9.17, 15) is 14.0 Å². The van der Waals surface area contributed by atoms with Crippen LogP contribution in [0, 0.1) is 5.82 Å². The molecule has 0 radical (unpaired) electrons. The molecule has 0 aliphatic carbocycles. The molecule has 0 saturated heterocycles. The lowest BCUT2D eigenvalue weighted by Gasteiger charge is -2.13. The van der Waals surface area contributed by atoms with Crippen LogP contribution in [-0.2, 0) is 4.79 Å². The summed E-state index contributed by atoms with van der Waals surface area (Å²) in [4.78, 5) is 28.4. The minimum Gasteiger partial charge on any atom is -0.483 e. The van der Waals surface area contributed by atoms with Crippen LogP contribution in [0.25, 0.3) is 22.2 Å². The maximum Gasteiger partial charge on any atom is 0.258 e. The maximum absolute atomic E-state index is 13.9. The molecule has 1 heterocycles. The lowest BCUT2D eigenvalue weighted by molar-refractivity contribution is -0.119. The van der Waals surface area contributed by atoms with E-state index in [2.05, 4.69) is 10.3 Å². The van der Waals surface area contributed by atoms with Crippen molar-refractivity contribution in [3.8, 4) is 17.0 Å². The highest BCUT2D eigenvalue weighted by molar-refractivity contribution is 6.30. The number of halogens is 2. The summed E-state index contributed by atoms with van der Waals surface area (Å²) < 4.78 is 19.5. The Bertz CT molecular complexity index is 1330. The average Bonchev–Trinajstić information content (AvgIpc) is 2.78. The first-order chi connectivity index (χ1) is 15.4. The van der Waals surface area contributed by atoms with Crippen molar-refractivity contribution in [2.45, 2.75) is 0 Å². The quantitative estimate of drug-likeness (QED) is 0.441. The predicted octanol–water partition coefficient (Wildman–Crippen LogP) is 4.81. The van der Waals surface area contributed by atoms with Crippen LogP contribution in [-0.4, -0.2) is 23.4 Å². The third-order valence-corrected chi connectivity index (χ3v) is 4.91. The Kier molecular flexibility index (Phi) is 6.00. The lowest BCUT2D eigenvalue weighted by Crippen LogP contribution is -2.20. The Morgan fingerprint density at radius 2 is 1.78 bits per heavy atom. The van der Waals surface area contributed by atoms with E-state index in [1.807, 2.05) is 12.1 Å². The molecular weight excluding hydrogens is 433 g/mol. The third-order valence-electron chi connectivity index (χ3n) is 4.66. The monoisotopic (exact) mass is 449 g/mol. The first kappa shape index (κ1) is 21.3. The molecular formula is C24H17ClFN3O3. The van der Waals surface area contributed by atoms with Gasteiger partial charge in [0, 0.05) is 27.7 Å². The Labute approximate surface area is 187 Å². The molecule has 4 aromatic rings. The van der Waals surface area contributed by atoms with E-state index in [1.54, 1.807) is 42.5 Å². The molecule has 0 atom stereocenters. The highest BCUT2D eigenvalue weighted by Crippen LogP contribution is 2.32. The molecule has 4 rings (SSSR count). The largest absolute Gasteiger partial charge is 0.483 e. The number of aromatic nitrogens is 1. The van der Waals surface area contributed by atoms with Gasteiger partial charge in [0.25, 0.3) is 11.8 Å². The van der Waals surface area contributed by atoms with Crippen molar-refractivity contribution >= 4 is 40.0 Å². The van der Waals surface area contributed by atoms with Crippen molar-refractivity contribution in [1.82, 2.24) is 4.98 Å². The summed E-state index contributed by atoms with van der Waals surface area (Å²) in [5.74, 6) is -1.48. The molecule has 32 heavy (non-hydrogen) atoms. The Hall–Kier alpha value is -3.97. The van der Waals surface area contributed by atoms with E-state index >= 15 is 0 Å². The molecule has 0 aliphatic rings. The molecule has 0 unspecified atom stereocenters. The summed E-state index contributed by atoms with van der Waals surface area (Å²) in [5, 5.41) is 3.81. The zero-order chi connectivity index (χ0) is 22.7. The molecule has 0 spiro atoms. The lowest BCUT2D eigenvalue weighted by atomic mass is 10.1. The third kappa shape index (κ3) is 4.68. The van der Waals surface area contributed by atoms with Crippen LogP contribution in [0.4, 0.5) is 10.1 Å². The summed E-state index contributed by atoms with van der Waals surface area (Å²) in [6.07, 6.45) is 0. The minimum atomic E-state index is -0.632. The molecule has 0 aliphatic heterocycles. The SMILES string of the molecule is NC(=O)COc1cc(-c2ccc(Cl)cc2)nc2ccc(NC(=O)c3ccccc3F)cc12. The second-order valence-electron chi connectivity index (χ2n) is 6.93. The van der Waals surface area contributed by atoms with Gasteiger partial charge in [0.15, 0.2) is 6.61 Å². The normalized spacial score (nSPS) is 10.7. The molecule has 3 N–H and O–H groups in total. The zero-order valence-corrected chi connectivity index (χ0v) is 17.4. The van der Waals surface area contributed by atoms with Gasteiger partial charge in [0.1, 0.15) is 11.6 Å². The summed E-state index contributed by atoms with van der Waals surface area (Å²) in [6, 6.07) is 19.5. The maximum atomic E-state index is 13.9. The fourth-order valence-corrected chi connectivity index (χ4v) is 3.28. The molecule has 0 saturated carbocycles. The number of hydrogen-bond acceptors (Lipinski definition) is 4. The first-order valence-electron chi connectivity index (χ1n) is 9.58. The number of anilines is 1. The van der Waals surface area contributed by atoms with Crippen molar-refractivity contribution in [2.75, 3.05) is 11.9 Å². The molecule has 160 valence electrons. The average molecular weight is 450 g/mol. The number of hydrogen-bond donors (Lipinski definition) is 2. The number of amides is 2. The minimum absolute atomic E-state index is 0.0750. The number of ether oxygens (including phenoxy) is 1. The van der Waals surface area contributed by atoms with Crippen LogP contribution in [0.1, 0.15) is 10.4 Å². The highest BCUT2D eigenvalue weighted by Gasteiger charge is 2.14. The number of carbonyl (C=O) groups is 2. The van der Waals surface area contributed by atoms with Gasteiger partial charge in [-0.25, -0.2) is 9.37 Å². The fourth-order valence-electron chi connectivity index (χ4n) is 3.15. The molecule has 8 heteroatoms. The number of primary amides is 1. The number of nitrogens with two attached hydrogens (primary N) is 1. The summed E-state index contributed by atoms with van der Waals surface area (Å²) in [7, 11) is 0. The summed E-state index contributed by atoms with van der Waals surface area (Å²) >= 11 is 5.97. The van der Waals surface area contributed by atoms with E-state index < -0.39 is 17.6 Å². The van der Waals surface area contributed by atoms with Crippen molar-refractivity contribution < 1.29 is 18.7 Å². The van der Waals surface area contributed by atoms with Gasteiger partial charge < -0.3 is 15.8 Å². The second-order valence-corrected chi connectivity index (χ2v) is 7.37. The Morgan fingerprint density at radius 3 is 2.50 bits per heavy atom. The number of carbonyl (C=O) groups excluding carboxylic acids is 2. The predicted molar refractivity (Wildman–Crippen MR) is 121 cm³/mol. The topological polar surface area (TPSA) is 94.3 Å². The van der Waals surface area contributed by atoms with E-state index in [1.165, 1.54) is 18.2 Å². The van der Waals surface area contributed by atoms with E-state index in [4.69, 9.17) is 22.1 Å². The van der Waals surface area contributed by atoms with E-state index in [0.29, 0.717) is 33.1 Å². The van der Waals surface area contributed by atoms with Crippen LogP contribution < -0.4 is 15.8 Å². The van der Waals surface area contributed by atoms with Gasteiger partial charge in [-0.3, -0.25) is 9.59 Å². The molecule has 1 aromatic heterocycles. The van der Waals surface area contributed by atoms with Crippen molar-refractivity contribution in [1.29, 1.82) is 0 Å². The number of fused-ring (bicyclic) bond motifs is 1. The van der Waals surface area contributed by atoms with Crippen LogP contribution >= 0.6 is 11.6 Å². The van der Waals surface area contributed by atoms with Gasteiger partial charge in [-0.1, -0.05) is 35.9 Å². The van der Waals surface area contributed by atoms with Gasteiger partial charge in [-0.05, 0) is 42.5 Å². The van der Waals surface area contributed by atoms with Gasteiger partial charge >= 0.3 is 0 Å². The van der Waals surface area contributed by atoms with Gasteiger partial charge in [0.2, 0.25) is 0 Å². The molecule has 6 nitrogen and oxygen atoms in total. The Morgan fingerprint density at radius 1 is 1.03 bits per heavy atom. The van der Waals surface area contributed by atoms with Crippen LogP contribution in [0.2, 0.25) is 5.02 Å².